The Hall–Kier alpha value is -0.820. The van der Waals surface area contributed by atoms with E-state index in [1.807, 2.05) is 31.0 Å². The van der Waals surface area contributed by atoms with E-state index >= 15 is 0 Å². The van der Waals surface area contributed by atoms with Gasteiger partial charge in [-0.25, -0.2) is 0 Å². The summed E-state index contributed by atoms with van der Waals surface area (Å²) < 4.78 is 36.1. The van der Waals surface area contributed by atoms with E-state index in [0.29, 0.717) is 13.1 Å². The lowest BCUT2D eigenvalue weighted by molar-refractivity contribution is -0.139. The summed E-state index contributed by atoms with van der Waals surface area (Å²) in [5.41, 5.74) is 5.34. The lowest BCUT2D eigenvalue weighted by Gasteiger charge is -2.39. The molecule has 114 valence electrons. The Balaban J connectivity index is 4.54. The number of carbonyl (C=O) groups excluding carboxylic acids is 1. The number of hydrogen-bond acceptors (Lipinski definition) is 3. The number of nitrogens with one attached hydrogen (secondary N) is 1. The van der Waals surface area contributed by atoms with Gasteiger partial charge in [-0.3, -0.25) is 9.69 Å². The van der Waals surface area contributed by atoms with E-state index in [-0.39, 0.29) is 12.1 Å². The molecule has 0 aliphatic carbocycles. The van der Waals surface area contributed by atoms with Crippen LogP contribution in [0.2, 0.25) is 0 Å². The van der Waals surface area contributed by atoms with Crippen LogP contribution < -0.4 is 11.1 Å². The van der Waals surface area contributed by atoms with Crippen LogP contribution in [0.3, 0.4) is 0 Å². The molecule has 0 saturated heterocycles. The fourth-order valence-corrected chi connectivity index (χ4v) is 1.73. The van der Waals surface area contributed by atoms with Crippen molar-refractivity contribution in [1.82, 2.24) is 10.2 Å². The molecule has 0 fully saturated rings. The van der Waals surface area contributed by atoms with E-state index < -0.39 is 18.6 Å². The molecule has 0 aromatic rings. The van der Waals surface area contributed by atoms with Gasteiger partial charge in [0.15, 0.2) is 0 Å². The molecule has 0 rings (SSSR count). The van der Waals surface area contributed by atoms with Crippen LogP contribution in [0, 0.1) is 0 Å². The minimum absolute atomic E-state index is 0.0640. The zero-order valence-electron chi connectivity index (χ0n) is 11.8. The first-order valence-corrected chi connectivity index (χ1v) is 6.47. The molecule has 0 radical (unpaired) electrons. The Bertz CT molecular complexity index is 278. The van der Waals surface area contributed by atoms with Crippen LogP contribution >= 0.6 is 0 Å². The van der Waals surface area contributed by atoms with Gasteiger partial charge in [-0.2, -0.15) is 13.2 Å². The number of carbonyl (C=O) groups is 1. The van der Waals surface area contributed by atoms with Gasteiger partial charge < -0.3 is 11.1 Å². The number of amides is 1. The predicted molar refractivity (Wildman–Crippen MR) is 68.7 cm³/mol. The van der Waals surface area contributed by atoms with Crippen molar-refractivity contribution < 1.29 is 18.0 Å². The van der Waals surface area contributed by atoms with E-state index in [2.05, 4.69) is 0 Å². The van der Waals surface area contributed by atoms with E-state index in [0.717, 1.165) is 12.8 Å². The van der Waals surface area contributed by atoms with Gasteiger partial charge >= 0.3 is 6.18 Å². The van der Waals surface area contributed by atoms with Crippen molar-refractivity contribution in [2.75, 3.05) is 26.2 Å². The van der Waals surface area contributed by atoms with Crippen molar-refractivity contribution in [2.45, 2.75) is 45.3 Å². The third-order valence-corrected chi connectivity index (χ3v) is 3.28. The predicted octanol–water partition coefficient (Wildman–Crippen LogP) is 1.50. The Morgan fingerprint density at radius 1 is 1.32 bits per heavy atom. The SMILES string of the molecule is CCCN(CC(=O)NCC(F)(F)F)C(C)(CC)CN. The summed E-state index contributed by atoms with van der Waals surface area (Å²) in [5, 5.41) is 1.89. The van der Waals surface area contributed by atoms with Crippen molar-refractivity contribution in [3.8, 4) is 0 Å². The van der Waals surface area contributed by atoms with Gasteiger partial charge in [0.05, 0.1) is 6.54 Å². The monoisotopic (exact) mass is 283 g/mol. The number of rotatable bonds is 8. The van der Waals surface area contributed by atoms with Gasteiger partial charge in [-0.05, 0) is 26.3 Å². The summed E-state index contributed by atoms with van der Waals surface area (Å²) in [6.45, 7) is 5.44. The molecule has 7 heteroatoms. The first kappa shape index (κ1) is 18.2. The summed E-state index contributed by atoms with van der Waals surface area (Å²) >= 11 is 0. The highest BCUT2D eigenvalue weighted by molar-refractivity contribution is 5.78. The van der Waals surface area contributed by atoms with E-state index in [1.165, 1.54) is 0 Å². The number of nitrogens with zero attached hydrogens (tertiary/aromatic N) is 1. The molecular formula is C12H24F3N3O. The van der Waals surface area contributed by atoms with Gasteiger partial charge in [0.25, 0.3) is 0 Å². The average Bonchev–Trinajstić information content (AvgIpc) is 2.34. The Morgan fingerprint density at radius 2 is 1.89 bits per heavy atom. The number of hydrogen-bond donors (Lipinski definition) is 2. The normalized spacial score (nSPS) is 15.4. The highest BCUT2D eigenvalue weighted by Gasteiger charge is 2.31. The summed E-state index contributed by atoms with van der Waals surface area (Å²) in [4.78, 5) is 13.4. The van der Waals surface area contributed by atoms with Crippen LogP contribution in [0.1, 0.15) is 33.6 Å². The first-order valence-electron chi connectivity index (χ1n) is 6.47. The molecule has 1 unspecified atom stereocenters. The van der Waals surface area contributed by atoms with Crippen molar-refractivity contribution in [3.63, 3.8) is 0 Å². The van der Waals surface area contributed by atoms with Gasteiger partial charge in [0.2, 0.25) is 5.91 Å². The molecule has 1 atom stereocenters. The Labute approximate surface area is 112 Å². The second kappa shape index (κ2) is 7.69. The van der Waals surface area contributed by atoms with Crippen LogP contribution in [0.4, 0.5) is 13.2 Å². The van der Waals surface area contributed by atoms with Crippen molar-refractivity contribution >= 4 is 5.91 Å². The molecule has 0 aliphatic rings. The number of alkyl halides is 3. The molecule has 0 aliphatic heterocycles. The molecule has 0 heterocycles. The van der Waals surface area contributed by atoms with Crippen LogP contribution in [0.15, 0.2) is 0 Å². The first-order chi connectivity index (χ1) is 8.68. The van der Waals surface area contributed by atoms with Crippen LogP contribution in [-0.4, -0.2) is 48.7 Å². The minimum Gasteiger partial charge on any atom is -0.346 e. The quantitative estimate of drug-likeness (QED) is 0.710. The zero-order chi connectivity index (χ0) is 15.1. The summed E-state index contributed by atoms with van der Waals surface area (Å²) in [6.07, 6.45) is -2.84. The molecule has 0 spiro atoms. The highest BCUT2D eigenvalue weighted by atomic mass is 19.4. The Kier molecular flexibility index (Phi) is 7.36. The standard InChI is InChI=1S/C12H24F3N3O/c1-4-6-18(11(3,5-2)8-16)7-10(19)17-9-12(13,14)15/h4-9,16H2,1-3H3,(H,17,19). The summed E-state index contributed by atoms with van der Waals surface area (Å²) in [7, 11) is 0. The third kappa shape index (κ3) is 6.77. The van der Waals surface area contributed by atoms with Gasteiger partial charge in [0.1, 0.15) is 6.54 Å². The lowest BCUT2D eigenvalue weighted by atomic mass is 9.96. The van der Waals surface area contributed by atoms with Crippen molar-refractivity contribution in [2.24, 2.45) is 5.73 Å². The molecular weight excluding hydrogens is 259 g/mol. The average molecular weight is 283 g/mol. The van der Waals surface area contributed by atoms with E-state index in [1.54, 1.807) is 0 Å². The zero-order valence-corrected chi connectivity index (χ0v) is 11.8. The Morgan fingerprint density at radius 3 is 2.26 bits per heavy atom. The third-order valence-electron chi connectivity index (χ3n) is 3.28. The molecule has 0 aromatic carbocycles. The fraction of sp³-hybridized carbons (Fsp3) is 0.917. The molecule has 4 nitrogen and oxygen atoms in total. The minimum atomic E-state index is -4.38. The van der Waals surface area contributed by atoms with Gasteiger partial charge in [-0.1, -0.05) is 13.8 Å². The van der Waals surface area contributed by atoms with Crippen molar-refractivity contribution in [3.05, 3.63) is 0 Å². The summed E-state index contributed by atoms with van der Waals surface area (Å²) in [6, 6.07) is 0. The van der Waals surface area contributed by atoms with Crippen LogP contribution in [0.5, 0.6) is 0 Å². The van der Waals surface area contributed by atoms with Gasteiger partial charge in [0, 0.05) is 12.1 Å². The number of nitrogens with two attached hydrogens (primary N) is 1. The highest BCUT2D eigenvalue weighted by Crippen LogP contribution is 2.18. The maximum absolute atomic E-state index is 12.0. The maximum atomic E-state index is 12.0. The summed E-state index contributed by atoms with van der Waals surface area (Å²) in [5.74, 6) is -0.626. The van der Waals surface area contributed by atoms with E-state index in [9.17, 15) is 18.0 Å². The topological polar surface area (TPSA) is 58.4 Å². The molecule has 0 bridgehead atoms. The smallest absolute Gasteiger partial charge is 0.346 e. The number of halogens is 3. The molecule has 0 aromatic heterocycles. The molecule has 0 saturated carbocycles. The fourth-order valence-electron chi connectivity index (χ4n) is 1.73. The lowest BCUT2D eigenvalue weighted by Crippen LogP contribution is -2.55. The van der Waals surface area contributed by atoms with Crippen LogP contribution in [-0.2, 0) is 4.79 Å². The van der Waals surface area contributed by atoms with Crippen molar-refractivity contribution in [1.29, 1.82) is 0 Å². The molecule has 1 amide bonds. The second-order valence-corrected chi connectivity index (χ2v) is 4.87. The second-order valence-electron chi connectivity index (χ2n) is 4.87. The van der Waals surface area contributed by atoms with E-state index in [4.69, 9.17) is 5.73 Å². The van der Waals surface area contributed by atoms with Gasteiger partial charge in [-0.15, -0.1) is 0 Å². The largest absolute Gasteiger partial charge is 0.405 e. The van der Waals surface area contributed by atoms with Crippen LogP contribution in [0.25, 0.3) is 0 Å². The molecule has 19 heavy (non-hydrogen) atoms. The molecule has 3 N–H and O–H groups in total. The maximum Gasteiger partial charge on any atom is 0.405 e.